The van der Waals surface area contributed by atoms with E-state index in [9.17, 15) is 4.79 Å². The molecule has 2 N–H and O–H groups in total. The van der Waals surface area contributed by atoms with Gasteiger partial charge < -0.3 is 10.4 Å². The van der Waals surface area contributed by atoms with Crippen molar-refractivity contribution in [1.82, 2.24) is 5.32 Å². The maximum Gasteiger partial charge on any atom is 0.303 e. The molecule has 0 aliphatic carbocycles. The predicted molar refractivity (Wildman–Crippen MR) is 155 cm³/mol. The van der Waals surface area contributed by atoms with Crippen LogP contribution in [-0.4, -0.2) is 24.2 Å². The molecule has 0 aromatic heterocycles. The molecule has 0 aliphatic rings. The molecule has 0 aromatic rings. The summed E-state index contributed by atoms with van der Waals surface area (Å²) in [4.78, 5) is 10.5. The zero-order valence-electron chi connectivity index (χ0n) is 24.1. The third-order valence-electron chi connectivity index (χ3n) is 7.45. The standard InChI is InChI=1S/C32H65NO2/c1-2-3-4-27-30-33-31-28-25-23-21-19-17-15-13-11-9-7-5-6-8-10-12-14-16-18-20-22-24-26-29-32(34)35/h33H,2-31H2,1H3,(H,34,35). The summed E-state index contributed by atoms with van der Waals surface area (Å²) in [6.45, 7) is 4.73. The average molecular weight is 496 g/mol. The van der Waals surface area contributed by atoms with Gasteiger partial charge in [-0.15, -0.1) is 0 Å². The van der Waals surface area contributed by atoms with E-state index in [2.05, 4.69) is 12.2 Å². The summed E-state index contributed by atoms with van der Waals surface area (Å²) in [5, 5.41) is 12.2. The van der Waals surface area contributed by atoms with Gasteiger partial charge in [-0.2, -0.15) is 0 Å². The lowest BCUT2D eigenvalue weighted by Gasteiger charge is -2.05. The van der Waals surface area contributed by atoms with Crippen LogP contribution in [0.15, 0.2) is 0 Å². The van der Waals surface area contributed by atoms with Crippen LogP contribution in [0.1, 0.15) is 187 Å². The van der Waals surface area contributed by atoms with Gasteiger partial charge in [0, 0.05) is 6.42 Å². The van der Waals surface area contributed by atoms with E-state index >= 15 is 0 Å². The molecule has 3 heteroatoms. The molecular formula is C32H65NO2. The second-order valence-corrected chi connectivity index (χ2v) is 11.1. The number of carbonyl (C=O) groups is 1. The molecule has 0 radical (unpaired) electrons. The van der Waals surface area contributed by atoms with Crippen molar-refractivity contribution < 1.29 is 9.90 Å². The Morgan fingerprint density at radius 2 is 0.686 bits per heavy atom. The summed E-state index contributed by atoms with van der Waals surface area (Å²) in [6, 6.07) is 0. The number of rotatable bonds is 31. The van der Waals surface area contributed by atoms with Crippen molar-refractivity contribution in [2.75, 3.05) is 13.1 Å². The van der Waals surface area contributed by atoms with Gasteiger partial charge in [-0.05, 0) is 32.4 Å². The van der Waals surface area contributed by atoms with Crippen LogP contribution in [0.3, 0.4) is 0 Å². The molecule has 0 saturated heterocycles. The van der Waals surface area contributed by atoms with E-state index in [1.165, 1.54) is 174 Å². The maximum absolute atomic E-state index is 10.5. The fourth-order valence-electron chi connectivity index (χ4n) is 5.04. The number of hydrogen-bond acceptors (Lipinski definition) is 2. The summed E-state index contributed by atoms with van der Waals surface area (Å²) < 4.78 is 0. The smallest absolute Gasteiger partial charge is 0.303 e. The van der Waals surface area contributed by atoms with E-state index in [0.29, 0.717) is 6.42 Å². The van der Waals surface area contributed by atoms with Crippen LogP contribution >= 0.6 is 0 Å². The predicted octanol–water partition coefficient (Wildman–Crippen LogP) is 10.6. The Morgan fingerprint density at radius 1 is 0.429 bits per heavy atom. The van der Waals surface area contributed by atoms with E-state index in [1.807, 2.05) is 0 Å². The van der Waals surface area contributed by atoms with Crippen molar-refractivity contribution >= 4 is 5.97 Å². The van der Waals surface area contributed by atoms with E-state index in [0.717, 1.165) is 12.8 Å². The highest BCUT2D eigenvalue weighted by Crippen LogP contribution is 2.15. The summed E-state index contributed by atoms with van der Waals surface area (Å²) >= 11 is 0. The SMILES string of the molecule is CCCCCCNCCCCCCCCCCCCCCCCCCCCCCCCCC(=O)O. The van der Waals surface area contributed by atoms with Crippen molar-refractivity contribution in [3.05, 3.63) is 0 Å². The van der Waals surface area contributed by atoms with Gasteiger partial charge in [-0.3, -0.25) is 4.79 Å². The second kappa shape index (κ2) is 31.5. The highest BCUT2D eigenvalue weighted by atomic mass is 16.4. The van der Waals surface area contributed by atoms with Crippen molar-refractivity contribution in [2.45, 2.75) is 187 Å². The van der Waals surface area contributed by atoms with Crippen LogP contribution in [0.2, 0.25) is 0 Å². The van der Waals surface area contributed by atoms with Gasteiger partial charge in [-0.1, -0.05) is 161 Å². The first-order valence-corrected chi connectivity index (χ1v) is 16.2. The summed E-state index contributed by atoms with van der Waals surface area (Å²) in [5.74, 6) is -0.649. The molecule has 0 fully saturated rings. The Morgan fingerprint density at radius 3 is 0.971 bits per heavy atom. The second-order valence-electron chi connectivity index (χ2n) is 11.1. The van der Waals surface area contributed by atoms with E-state index in [4.69, 9.17) is 5.11 Å². The fraction of sp³-hybridized carbons (Fsp3) is 0.969. The molecule has 0 atom stereocenters. The number of carboxylic acids is 1. The lowest BCUT2D eigenvalue weighted by atomic mass is 10.0. The van der Waals surface area contributed by atoms with Crippen LogP contribution in [-0.2, 0) is 4.79 Å². The lowest BCUT2D eigenvalue weighted by molar-refractivity contribution is -0.137. The first-order chi connectivity index (χ1) is 17.3. The average Bonchev–Trinajstić information content (AvgIpc) is 2.85. The van der Waals surface area contributed by atoms with Gasteiger partial charge in [0.1, 0.15) is 0 Å². The summed E-state index contributed by atoms with van der Waals surface area (Å²) in [6.07, 6.45) is 37.4. The fourth-order valence-corrected chi connectivity index (χ4v) is 5.04. The molecule has 0 bridgehead atoms. The highest BCUT2D eigenvalue weighted by molar-refractivity contribution is 5.66. The number of aliphatic carboxylic acids is 1. The molecule has 0 aliphatic heterocycles. The minimum absolute atomic E-state index is 0.345. The lowest BCUT2D eigenvalue weighted by Crippen LogP contribution is -2.16. The molecule has 0 rings (SSSR count). The maximum atomic E-state index is 10.5. The Hall–Kier alpha value is -0.570. The third-order valence-corrected chi connectivity index (χ3v) is 7.45. The molecule has 35 heavy (non-hydrogen) atoms. The van der Waals surface area contributed by atoms with Crippen molar-refractivity contribution in [3.8, 4) is 0 Å². The molecule has 0 aromatic carbocycles. The number of carboxylic acid groups (broad SMARTS) is 1. The van der Waals surface area contributed by atoms with Gasteiger partial charge in [-0.25, -0.2) is 0 Å². The van der Waals surface area contributed by atoms with E-state index < -0.39 is 5.97 Å². The monoisotopic (exact) mass is 496 g/mol. The minimum Gasteiger partial charge on any atom is -0.481 e. The Labute approximate surface area is 221 Å². The Balaban J connectivity index is 3.01. The normalized spacial score (nSPS) is 11.3. The molecule has 210 valence electrons. The zero-order chi connectivity index (χ0) is 25.5. The zero-order valence-corrected chi connectivity index (χ0v) is 24.1. The molecular weight excluding hydrogens is 430 g/mol. The number of nitrogens with one attached hydrogen (secondary N) is 1. The largest absolute Gasteiger partial charge is 0.481 e. The Kier molecular flexibility index (Phi) is 30.9. The summed E-state index contributed by atoms with van der Waals surface area (Å²) in [5.41, 5.74) is 0. The first kappa shape index (κ1) is 34.4. The Bertz CT molecular complexity index is 399. The molecule has 3 nitrogen and oxygen atoms in total. The van der Waals surface area contributed by atoms with E-state index in [-0.39, 0.29) is 0 Å². The van der Waals surface area contributed by atoms with E-state index in [1.54, 1.807) is 0 Å². The molecule has 0 saturated carbocycles. The van der Waals surface area contributed by atoms with Crippen molar-refractivity contribution in [1.29, 1.82) is 0 Å². The third kappa shape index (κ3) is 33.4. The number of hydrogen-bond donors (Lipinski definition) is 2. The first-order valence-electron chi connectivity index (χ1n) is 16.2. The van der Waals surface area contributed by atoms with Gasteiger partial charge in [0.05, 0.1) is 0 Å². The van der Waals surface area contributed by atoms with Crippen LogP contribution in [0.5, 0.6) is 0 Å². The number of unbranched alkanes of at least 4 members (excludes halogenated alkanes) is 25. The van der Waals surface area contributed by atoms with Gasteiger partial charge in [0.15, 0.2) is 0 Å². The molecule has 0 amide bonds. The van der Waals surface area contributed by atoms with Crippen LogP contribution < -0.4 is 5.32 Å². The molecule has 0 spiro atoms. The van der Waals surface area contributed by atoms with Crippen LogP contribution in [0, 0.1) is 0 Å². The van der Waals surface area contributed by atoms with Crippen molar-refractivity contribution in [3.63, 3.8) is 0 Å². The van der Waals surface area contributed by atoms with Gasteiger partial charge >= 0.3 is 5.97 Å². The van der Waals surface area contributed by atoms with Crippen molar-refractivity contribution in [2.24, 2.45) is 0 Å². The molecule has 0 heterocycles. The topological polar surface area (TPSA) is 49.3 Å². The minimum atomic E-state index is -0.649. The van der Waals surface area contributed by atoms with Crippen LogP contribution in [0.25, 0.3) is 0 Å². The summed E-state index contributed by atoms with van der Waals surface area (Å²) in [7, 11) is 0. The van der Waals surface area contributed by atoms with Gasteiger partial charge in [0.25, 0.3) is 0 Å². The quantitative estimate of drug-likeness (QED) is 0.0940. The van der Waals surface area contributed by atoms with Crippen LogP contribution in [0.4, 0.5) is 0 Å². The highest BCUT2D eigenvalue weighted by Gasteiger charge is 1.98. The van der Waals surface area contributed by atoms with Gasteiger partial charge in [0.2, 0.25) is 0 Å². The molecule has 0 unspecified atom stereocenters.